The van der Waals surface area contributed by atoms with Crippen LogP contribution in [0.2, 0.25) is 0 Å². The van der Waals surface area contributed by atoms with Gasteiger partial charge in [0, 0.05) is 23.0 Å². The van der Waals surface area contributed by atoms with Crippen LogP contribution in [0.4, 0.5) is 0 Å². The third kappa shape index (κ3) is 3.01. The lowest BCUT2D eigenvalue weighted by atomic mass is 9.83. The summed E-state index contributed by atoms with van der Waals surface area (Å²) in [5.41, 5.74) is 1.00. The van der Waals surface area contributed by atoms with Gasteiger partial charge in [0.05, 0.1) is 11.1 Å². The Labute approximate surface area is 120 Å². The van der Waals surface area contributed by atoms with Crippen molar-refractivity contribution in [2.45, 2.75) is 64.5 Å². The van der Waals surface area contributed by atoms with Gasteiger partial charge in [-0.25, -0.2) is 4.98 Å². The highest BCUT2D eigenvalue weighted by Gasteiger charge is 2.41. The maximum Gasteiger partial charge on any atom is 0.0954 e. The molecule has 0 amide bonds. The topological polar surface area (TPSA) is 36.4 Å². The van der Waals surface area contributed by atoms with Gasteiger partial charge in [0.1, 0.15) is 0 Å². The number of aromatic nitrogens is 1. The van der Waals surface area contributed by atoms with Gasteiger partial charge in [0.25, 0.3) is 0 Å². The number of hydrogen-bond acceptors (Lipinski definition) is 4. The van der Waals surface area contributed by atoms with Gasteiger partial charge >= 0.3 is 0 Å². The number of hydrogen-bond donors (Lipinski definition) is 1. The lowest BCUT2D eigenvalue weighted by molar-refractivity contribution is -0.0270. The summed E-state index contributed by atoms with van der Waals surface area (Å²) in [4.78, 5) is 7.01. The Bertz CT molecular complexity index is 395. The van der Waals surface area contributed by atoms with Crippen molar-refractivity contribution in [3.63, 3.8) is 0 Å². The van der Waals surface area contributed by atoms with E-state index in [-0.39, 0.29) is 11.6 Å². The van der Waals surface area contributed by atoms with Gasteiger partial charge in [-0.15, -0.1) is 11.3 Å². The number of aliphatic hydroxyl groups excluding tert-OH is 1. The van der Waals surface area contributed by atoms with Crippen LogP contribution in [0.3, 0.4) is 0 Å². The highest BCUT2D eigenvalue weighted by atomic mass is 32.1. The molecule has 0 spiro atoms. The van der Waals surface area contributed by atoms with Crippen LogP contribution in [0, 0.1) is 6.92 Å². The SMILES string of the molecule is CCC(CC)(C(O)Cc1nc(C)cs1)N1CCCC1. The van der Waals surface area contributed by atoms with E-state index in [0.29, 0.717) is 6.42 Å². The summed E-state index contributed by atoms with van der Waals surface area (Å²) in [6.07, 6.45) is 4.93. The Morgan fingerprint density at radius 1 is 1.37 bits per heavy atom. The third-order valence-electron chi connectivity index (χ3n) is 4.62. The van der Waals surface area contributed by atoms with Gasteiger partial charge in [-0.1, -0.05) is 13.8 Å². The molecule has 1 fully saturated rings. The predicted molar refractivity (Wildman–Crippen MR) is 80.7 cm³/mol. The summed E-state index contributed by atoms with van der Waals surface area (Å²) < 4.78 is 0. The molecule has 1 aliphatic rings. The van der Waals surface area contributed by atoms with E-state index in [1.807, 2.05) is 6.92 Å². The average Bonchev–Trinajstić information content (AvgIpc) is 3.04. The fraction of sp³-hybridized carbons (Fsp3) is 0.800. The van der Waals surface area contributed by atoms with Crippen molar-refractivity contribution in [2.75, 3.05) is 13.1 Å². The summed E-state index contributed by atoms with van der Waals surface area (Å²) in [5, 5.41) is 13.9. The van der Waals surface area contributed by atoms with Crippen LogP contribution in [-0.2, 0) is 6.42 Å². The Hall–Kier alpha value is -0.450. The maximum absolute atomic E-state index is 10.8. The third-order valence-corrected chi connectivity index (χ3v) is 5.60. The van der Waals surface area contributed by atoms with Crippen molar-refractivity contribution in [1.29, 1.82) is 0 Å². The molecule has 2 rings (SSSR count). The molecule has 1 atom stereocenters. The summed E-state index contributed by atoms with van der Waals surface area (Å²) in [6, 6.07) is 0. The number of thiazole rings is 1. The van der Waals surface area contributed by atoms with Crippen molar-refractivity contribution < 1.29 is 5.11 Å². The van der Waals surface area contributed by atoms with Crippen LogP contribution in [0.25, 0.3) is 0 Å². The van der Waals surface area contributed by atoms with Crippen LogP contribution in [0.15, 0.2) is 5.38 Å². The summed E-state index contributed by atoms with van der Waals surface area (Å²) in [7, 11) is 0. The predicted octanol–water partition coefficient (Wildman–Crippen LogP) is 3.01. The zero-order valence-corrected chi connectivity index (χ0v) is 13.2. The molecule has 1 unspecified atom stereocenters. The van der Waals surface area contributed by atoms with Crippen LogP contribution >= 0.6 is 11.3 Å². The molecule has 0 aromatic carbocycles. The van der Waals surface area contributed by atoms with Crippen molar-refractivity contribution in [1.82, 2.24) is 9.88 Å². The second kappa shape index (κ2) is 6.33. The fourth-order valence-electron chi connectivity index (χ4n) is 3.39. The van der Waals surface area contributed by atoms with Crippen molar-refractivity contribution in [3.05, 3.63) is 16.1 Å². The molecule has 0 bridgehead atoms. The van der Waals surface area contributed by atoms with Crippen LogP contribution in [-0.4, -0.2) is 39.7 Å². The molecule has 4 heteroatoms. The average molecular weight is 282 g/mol. The molecule has 0 aliphatic carbocycles. The molecule has 1 saturated heterocycles. The Morgan fingerprint density at radius 3 is 2.47 bits per heavy atom. The smallest absolute Gasteiger partial charge is 0.0954 e. The highest BCUT2D eigenvalue weighted by molar-refractivity contribution is 7.09. The first kappa shape index (κ1) is 14.9. The molecule has 19 heavy (non-hydrogen) atoms. The zero-order valence-electron chi connectivity index (χ0n) is 12.4. The largest absolute Gasteiger partial charge is 0.391 e. The second-order valence-corrected chi connectivity index (χ2v) is 6.55. The van der Waals surface area contributed by atoms with Gasteiger partial charge in [0.15, 0.2) is 0 Å². The molecule has 108 valence electrons. The van der Waals surface area contributed by atoms with Crippen molar-refractivity contribution in [3.8, 4) is 0 Å². The standard InChI is InChI=1S/C15H26N2OS/c1-4-15(5-2,17-8-6-7-9-17)13(18)10-14-16-12(3)11-19-14/h11,13,18H,4-10H2,1-3H3. The normalized spacial score (nSPS) is 18.9. The molecule has 3 nitrogen and oxygen atoms in total. The number of likely N-dealkylation sites (tertiary alicyclic amines) is 1. The zero-order chi connectivity index (χ0) is 13.9. The highest BCUT2D eigenvalue weighted by Crippen LogP contribution is 2.33. The lowest BCUT2D eigenvalue weighted by Crippen LogP contribution is -2.55. The van der Waals surface area contributed by atoms with Gasteiger partial charge in [-0.05, 0) is 45.7 Å². The molecular formula is C15H26N2OS. The molecule has 2 heterocycles. The van der Waals surface area contributed by atoms with E-state index in [1.165, 1.54) is 12.8 Å². The van der Waals surface area contributed by atoms with E-state index in [1.54, 1.807) is 11.3 Å². The quantitative estimate of drug-likeness (QED) is 0.871. The van der Waals surface area contributed by atoms with E-state index in [0.717, 1.165) is 36.6 Å². The number of aliphatic hydroxyl groups is 1. The monoisotopic (exact) mass is 282 g/mol. The summed E-state index contributed by atoms with van der Waals surface area (Å²) in [5.74, 6) is 0. The number of rotatable bonds is 6. The summed E-state index contributed by atoms with van der Waals surface area (Å²) in [6.45, 7) is 8.70. The molecule has 1 N–H and O–H groups in total. The number of aryl methyl sites for hydroxylation is 1. The molecule has 1 aromatic heterocycles. The Morgan fingerprint density at radius 2 is 2.00 bits per heavy atom. The van der Waals surface area contributed by atoms with E-state index in [9.17, 15) is 5.11 Å². The maximum atomic E-state index is 10.8. The minimum absolute atomic E-state index is 0.0594. The van der Waals surface area contributed by atoms with Gasteiger partial charge in [-0.3, -0.25) is 4.90 Å². The minimum atomic E-state index is -0.314. The lowest BCUT2D eigenvalue weighted by Gasteiger charge is -2.44. The summed E-state index contributed by atoms with van der Waals surface area (Å²) >= 11 is 1.67. The van der Waals surface area contributed by atoms with Gasteiger partial charge < -0.3 is 5.11 Å². The first-order chi connectivity index (χ1) is 9.12. The van der Waals surface area contributed by atoms with E-state index in [4.69, 9.17) is 0 Å². The first-order valence-electron chi connectivity index (χ1n) is 7.46. The van der Waals surface area contributed by atoms with Crippen molar-refractivity contribution >= 4 is 11.3 Å². The molecule has 1 aromatic rings. The van der Waals surface area contributed by atoms with E-state index >= 15 is 0 Å². The molecule has 0 saturated carbocycles. The first-order valence-corrected chi connectivity index (χ1v) is 8.34. The molecular weight excluding hydrogens is 256 g/mol. The van der Waals surface area contributed by atoms with E-state index < -0.39 is 0 Å². The molecule has 1 aliphatic heterocycles. The van der Waals surface area contributed by atoms with Crippen LogP contribution < -0.4 is 0 Å². The van der Waals surface area contributed by atoms with Gasteiger partial charge in [-0.2, -0.15) is 0 Å². The Kier molecular flexibility index (Phi) is 4.98. The minimum Gasteiger partial charge on any atom is -0.391 e. The van der Waals surface area contributed by atoms with E-state index in [2.05, 4.69) is 29.1 Å². The van der Waals surface area contributed by atoms with Crippen molar-refractivity contribution in [2.24, 2.45) is 0 Å². The molecule has 0 radical (unpaired) electrons. The van der Waals surface area contributed by atoms with Crippen LogP contribution in [0.1, 0.15) is 50.2 Å². The van der Waals surface area contributed by atoms with Gasteiger partial charge in [0.2, 0.25) is 0 Å². The fourth-order valence-corrected chi connectivity index (χ4v) is 4.20. The number of nitrogens with zero attached hydrogens (tertiary/aromatic N) is 2. The Balaban J connectivity index is 2.13. The van der Waals surface area contributed by atoms with Crippen LogP contribution in [0.5, 0.6) is 0 Å². The second-order valence-electron chi connectivity index (χ2n) is 5.61.